The molecule has 0 aromatic heterocycles. The molecule has 1 heterocycles. The minimum absolute atomic E-state index is 0.00543. The van der Waals surface area contributed by atoms with Gasteiger partial charge in [-0.2, -0.15) is 0 Å². The Morgan fingerprint density at radius 2 is 1.77 bits per heavy atom. The lowest BCUT2D eigenvalue weighted by molar-refractivity contribution is -0.149. The monoisotopic (exact) mass is 561 g/mol. The van der Waals surface area contributed by atoms with Crippen LogP contribution in [0, 0.1) is 0 Å². The number of nitrogens with two attached hydrogens (primary N) is 2. The molecule has 12 heteroatoms. The van der Waals surface area contributed by atoms with Crippen LogP contribution < -0.4 is 21.5 Å². The van der Waals surface area contributed by atoms with Crippen molar-refractivity contribution in [2.45, 2.75) is 75.0 Å². The van der Waals surface area contributed by atoms with Gasteiger partial charge in [0.2, 0.25) is 15.9 Å². The number of rotatable bonds is 13. The predicted octanol–water partition coefficient (Wildman–Crippen LogP) is 2.34. The van der Waals surface area contributed by atoms with E-state index in [9.17, 15) is 22.8 Å². The zero-order valence-corrected chi connectivity index (χ0v) is 23.2. The van der Waals surface area contributed by atoms with Crippen molar-refractivity contribution in [2.75, 3.05) is 19.6 Å². The highest BCUT2D eigenvalue weighted by Gasteiger charge is 2.43. The van der Waals surface area contributed by atoms with E-state index in [0.717, 1.165) is 30.0 Å². The highest BCUT2D eigenvalue weighted by Crippen LogP contribution is 2.22. The molecule has 6 N–H and O–H groups in total. The summed E-state index contributed by atoms with van der Waals surface area (Å²) in [6.07, 6.45) is 2.84. The fourth-order valence-electron chi connectivity index (χ4n) is 4.62. The van der Waals surface area contributed by atoms with Crippen molar-refractivity contribution in [1.29, 1.82) is 0 Å². The van der Waals surface area contributed by atoms with Crippen molar-refractivity contribution < 1.29 is 27.5 Å². The molecule has 0 radical (unpaired) electrons. The van der Waals surface area contributed by atoms with Crippen LogP contribution in [0.2, 0.25) is 0 Å². The first kappa shape index (κ1) is 30.3. The average Bonchev–Trinajstić information content (AvgIpc) is 2.91. The van der Waals surface area contributed by atoms with E-state index in [1.807, 2.05) is 31.2 Å². The lowest BCUT2D eigenvalue weighted by atomic mass is 10.0. The number of primary amides is 1. The minimum Gasteiger partial charge on any atom is -0.413 e. The van der Waals surface area contributed by atoms with Gasteiger partial charge in [0, 0.05) is 32.0 Å². The molecule has 3 rings (SSSR count). The molecule has 1 saturated heterocycles. The number of ether oxygens (including phenoxy) is 1. The highest BCUT2D eigenvalue weighted by molar-refractivity contribution is 7.89. The third-order valence-corrected chi connectivity index (χ3v) is 8.32. The number of likely N-dealkylation sites (tertiary alicyclic amines) is 1. The van der Waals surface area contributed by atoms with E-state index in [2.05, 4.69) is 10.0 Å². The normalized spacial score (nSPS) is 16.3. The van der Waals surface area contributed by atoms with E-state index >= 15 is 0 Å². The molecule has 1 aliphatic rings. The van der Waals surface area contributed by atoms with Crippen LogP contribution in [-0.4, -0.2) is 62.6 Å². The fourth-order valence-corrected chi connectivity index (χ4v) is 5.92. The molecular weight excluding hydrogens is 522 g/mol. The van der Waals surface area contributed by atoms with Crippen LogP contribution in [0.4, 0.5) is 4.79 Å². The second-order valence-electron chi connectivity index (χ2n) is 9.87. The van der Waals surface area contributed by atoms with Crippen molar-refractivity contribution in [2.24, 2.45) is 11.5 Å². The number of nitrogens with zero attached hydrogens (tertiary/aromatic N) is 1. The second kappa shape index (κ2) is 13.7. The largest absolute Gasteiger partial charge is 0.413 e. The molecule has 0 saturated carbocycles. The van der Waals surface area contributed by atoms with Crippen molar-refractivity contribution in [3.05, 3.63) is 42.5 Å². The molecule has 214 valence electrons. The Hall–Kier alpha value is -3.22. The first-order valence-corrected chi connectivity index (χ1v) is 14.9. The van der Waals surface area contributed by atoms with E-state index in [1.165, 1.54) is 11.0 Å². The first-order chi connectivity index (χ1) is 18.6. The van der Waals surface area contributed by atoms with Crippen molar-refractivity contribution in [3.63, 3.8) is 0 Å². The number of hydrogen-bond acceptors (Lipinski definition) is 7. The molecule has 2 aromatic rings. The van der Waals surface area contributed by atoms with Crippen LogP contribution in [0.3, 0.4) is 0 Å². The summed E-state index contributed by atoms with van der Waals surface area (Å²) < 4.78 is 34.5. The molecule has 11 nitrogen and oxygen atoms in total. The highest BCUT2D eigenvalue weighted by atomic mass is 32.2. The van der Waals surface area contributed by atoms with Gasteiger partial charge in [0.15, 0.2) is 0 Å². The third kappa shape index (κ3) is 8.13. The van der Waals surface area contributed by atoms with Gasteiger partial charge in [-0.15, -0.1) is 0 Å². The van der Waals surface area contributed by atoms with E-state index < -0.39 is 39.7 Å². The predicted molar refractivity (Wildman–Crippen MR) is 148 cm³/mol. The van der Waals surface area contributed by atoms with E-state index in [1.54, 1.807) is 12.1 Å². The molecule has 0 bridgehead atoms. The number of unbranched alkanes of at least 4 members (excludes halogenated alkanes) is 1. The quantitative estimate of drug-likeness (QED) is 0.272. The van der Waals surface area contributed by atoms with Gasteiger partial charge in [0.05, 0.1) is 4.90 Å². The summed E-state index contributed by atoms with van der Waals surface area (Å²) in [4.78, 5) is 40.2. The molecule has 0 spiro atoms. The number of hydrogen-bond donors (Lipinski definition) is 4. The van der Waals surface area contributed by atoms with Gasteiger partial charge in [-0.25, -0.2) is 17.9 Å². The van der Waals surface area contributed by atoms with Crippen LogP contribution in [0.15, 0.2) is 47.4 Å². The Labute approximate surface area is 229 Å². The zero-order valence-electron chi connectivity index (χ0n) is 22.4. The van der Waals surface area contributed by atoms with Crippen molar-refractivity contribution in [1.82, 2.24) is 14.9 Å². The number of piperidine rings is 1. The first-order valence-electron chi connectivity index (χ1n) is 13.4. The molecular formula is C27H39N5O6S. The summed E-state index contributed by atoms with van der Waals surface area (Å²) in [6, 6.07) is 11.2. The van der Waals surface area contributed by atoms with Gasteiger partial charge in [-0.3, -0.25) is 9.59 Å². The third-order valence-electron chi connectivity index (χ3n) is 6.80. The number of carbonyl (C=O) groups is 3. The van der Waals surface area contributed by atoms with Gasteiger partial charge in [0.25, 0.3) is 11.6 Å². The summed E-state index contributed by atoms with van der Waals surface area (Å²) >= 11 is 0. The standard InChI is InChI=1S/C27H39N5O6S/c1-2-3-14-27(25(29)34,38-26(35)32-16-7-4-8-17-32)30-24(33)19-22(13-15-28)31-39(36,37)23-12-11-20-9-5-6-10-21(20)18-23/h5-6,9-12,18,22,31H,2-4,7-8,13-17,19,28H2,1H3,(H2,29,34)(H,30,33). The molecule has 3 amide bonds. The van der Waals surface area contributed by atoms with Crippen LogP contribution in [-0.2, 0) is 24.3 Å². The summed E-state index contributed by atoms with van der Waals surface area (Å²) in [5, 5.41) is 4.16. The Morgan fingerprint density at radius 1 is 1.08 bits per heavy atom. The molecule has 39 heavy (non-hydrogen) atoms. The maximum absolute atomic E-state index is 13.2. The molecule has 1 aliphatic heterocycles. The molecule has 2 aromatic carbocycles. The number of fused-ring (bicyclic) bond motifs is 1. The topological polar surface area (TPSA) is 174 Å². The van der Waals surface area contributed by atoms with Gasteiger partial charge in [0.1, 0.15) is 0 Å². The zero-order chi connectivity index (χ0) is 28.5. The number of benzene rings is 2. The number of carbonyl (C=O) groups excluding carboxylic acids is 3. The van der Waals surface area contributed by atoms with Crippen LogP contribution in [0.5, 0.6) is 0 Å². The lowest BCUT2D eigenvalue weighted by Gasteiger charge is -2.35. The minimum atomic E-state index is -4.00. The maximum atomic E-state index is 13.2. The SMILES string of the molecule is CCCCC(NC(=O)CC(CCN)NS(=O)(=O)c1ccc2ccccc2c1)(OC(=O)N1CCCCC1)C(N)=O. The van der Waals surface area contributed by atoms with Gasteiger partial charge < -0.3 is 26.4 Å². The van der Waals surface area contributed by atoms with Gasteiger partial charge in [-0.05, 0) is 61.6 Å². The smallest absolute Gasteiger partial charge is 0.412 e. The van der Waals surface area contributed by atoms with Crippen molar-refractivity contribution in [3.8, 4) is 0 Å². The fraction of sp³-hybridized carbons (Fsp3) is 0.519. The summed E-state index contributed by atoms with van der Waals surface area (Å²) in [7, 11) is -4.00. The van der Waals surface area contributed by atoms with E-state index in [-0.39, 0.29) is 30.7 Å². The lowest BCUT2D eigenvalue weighted by Crippen LogP contribution is -2.62. The van der Waals surface area contributed by atoms with Crippen molar-refractivity contribution >= 4 is 38.7 Å². The maximum Gasteiger partial charge on any atom is 0.412 e. The van der Waals surface area contributed by atoms with E-state index in [4.69, 9.17) is 16.2 Å². The Balaban J connectivity index is 1.76. The summed E-state index contributed by atoms with van der Waals surface area (Å²) in [5.41, 5.74) is 9.33. The van der Waals surface area contributed by atoms with E-state index in [0.29, 0.717) is 25.9 Å². The van der Waals surface area contributed by atoms with Gasteiger partial charge >= 0.3 is 6.09 Å². The number of sulfonamides is 1. The molecule has 0 aliphatic carbocycles. The van der Waals surface area contributed by atoms with Gasteiger partial charge in [-0.1, -0.05) is 43.7 Å². The second-order valence-corrected chi connectivity index (χ2v) is 11.6. The van der Waals surface area contributed by atoms with Crippen LogP contribution in [0.25, 0.3) is 10.8 Å². The summed E-state index contributed by atoms with van der Waals surface area (Å²) in [6.45, 7) is 2.98. The molecule has 2 unspecified atom stereocenters. The van der Waals surface area contributed by atoms with Crippen LogP contribution in [0.1, 0.15) is 58.3 Å². The summed E-state index contributed by atoms with van der Waals surface area (Å²) in [5.74, 6) is -1.70. The average molecular weight is 562 g/mol. The Morgan fingerprint density at radius 3 is 2.41 bits per heavy atom. The van der Waals surface area contributed by atoms with Crippen LogP contribution >= 0.6 is 0 Å². The Kier molecular flexibility index (Phi) is 10.7. The number of nitrogens with one attached hydrogen (secondary N) is 2. The molecule has 2 atom stereocenters. The number of amides is 3. The Bertz CT molecular complexity index is 1260. The molecule has 1 fully saturated rings.